The van der Waals surface area contributed by atoms with Crippen LogP contribution in [0.1, 0.15) is 24.4 Å². The second kappa shape index (κ2) is 6.95. The van der Waals surface area contributed by atoms with E-state index >= 15 is 0 Å². The Balaban J connectivity index is 2.74. The molecule has 1 aromatic rings. The Morgan fingerprint density at radius 2 is 2.00 bits per heavy atom. The van der Waals surface area contributed by atoms with E-state index < -0.39 is 17.2 Å². The zero-order valence-electron chi connectivity index (χ0n) is 10.4. The van der Waals surface area contributed by atoms with Gasteiger partial charge in [-0.1, -0.05) is 0 Å². The first-order valence-electron chi connectivity index (χ1n) is 5.52. The van der Waals surface area contributed by atoms with Crippen LogP contribution in [0.25, 0.3) is 0 Å². The lowest BCUT2D eigenvalue weighted by atomic mass is 10.0. The normalized spacial score (nSPS) is 13.8. The summed E-state index contributed by atoms with van der Waals surface area (Å²) in [5.74, 6) is 0.255. The highest BCUT2D eigenvalue weighted by Gasteiger charge is 2.19. The van der Waals surface area contributed by atoms with Gasteiger partial charge in [0, 0.05) is 12.0 Å². The average molecular weight is 255 g/mol. The summed E-state index contributed by atoms with van der Waals surface area (Å²) in [7, 11) is 2.83. The van der Waals surface area contributed by atoms with E-state index in [9.17, 15) is 10.0 Å². The smallest absolute Gasteiger partial charge is 0.305 e. The second-order valence-electron chi connectivity index (χ2n) is 3.78. The molecule has 6 heteroatoms. The van der Waals surface area contributed by atoms with Crippen LogP contribution in [0.3, 0.4) is 0 Å². The molecule has 0 aliphatic rings. The Kier molecular flexibility index (Phi) is 5.57. The average Bonchev–Trinajstić information content (AvgIpc) is 2.39. The fourth-order valence-corrected chi connectivity index (χ4v) is 1.63. The minimum atomic E-state index is -0.955. The van der Waals surface area contributed by atoms with E-state index in [1.165, 1.54) is 7.11 Å². The number of rotatable bonds is 6. The quantitative estimate of drug-likeness (QED) is 0.570. The van der Waals surface area contributed by atoms with E-state index in [4.69, 9.17) is 9.94 Å². The molecule has 0 saturated heterocycles. The van der Waals surface area contributed by atoms with Crippen molar-refractivity contribution in [2.75, 3.05) is 14.2 Å². The predicted octanol–water partition coefficient (Wildman–Crippen LogP) is 0.461. The molecule has 0 amide bonds. The lowest BCUT2D eigenvalue weighted by Crippen LogP contribution is -3.05. The fourth-order valence-electron chi connectivity index (χ4n) is 1.63. The molecular formula is C12H17NO5. The van der Waals surface area contributed by atoms with Crippen LogP contribution in [-0.2, 0) is 9.53 Å². The van der Waals surface area contributed by atoms with Crippen molar-refractivity contribution in [1.82, 2.24) is 0 Å². The van der Waals surface area contributed by atoms with Crippen LogP contribution in [0.15, 0.2) is 24.3 Å². The van der Waals surface area contributed by atoms with Gasteiger partial charge in [0.05, 0.1) is 20.6 Å². The molecular weight excluding hydrogens is 238 g/mol. The van der Waals surface area contributed by atoms with Crippen LogP contribution in [0, 0.1) is 5.21 Å². The highest BCUT2D eigenvalue weighted by Crippen LogP contribution is 2.19. The zero-order valence-corrected chi connectivity index (χ0v) is 10.4. The Morgan fingerprint density at radius 1 is 1.39 bits per heavy atom. The van der Waals surface area contributed by atoms with Crippen molar-refractivity contribution in [2.24, 2.45) is 0 Å². The van der Waals surface area contributed by atoms with Crippen LogP contribution in [-0.4, -0.2) is 25.4 Å². The number of benzene rings is 1. The van der Waals surface area contributed by atoms with Gasteiger partial charge in [-0.25, -0.2) is 10.4 Å². The summed E-state index contributed by atoms with van der Waals surface area (Å²) < 4.78 is 9.50. The number of methoxy groups -OCH3 is 2. The number of ether oxygens (including phenoxy) is 2. The molecule has 6 nitrogen and oxygen atoms in total. The molecule has 2 N–H and O–H groups in total. The van der Waals surface area contributed by atoms with Crippen molar-refractivity contribution in [3.8, 4) is 5.75 Å². The number of hydrogen-bond acceptors (Lipinski definition) is 5. The molecule has 0 bridgehead atoms. The Hall–Kier alpha value is -1.63. The summed E-state index contributed by atoms with van der Waals surface area (Å²) in [5, 5.41) is 19.4. The second-order valence-corrected chi connectivity index (χ2v) is 3.78. The predicted molar refractivity (Wildman–Crippen MR) is 63.1 cm³/mol. The van der Waals surface area contributed by atoms with E-state index in [-0.39, 0.29) is 12.8 Å². The van der Waals surface area contributed by atoms with Crippen LogP contribution in [0.4, 0.5) is 0 Å². The highest BCUT2D eigenvalue weighted by molar-refractivity contribution is 5.69. The summed E-state index contributed by atoms with van der Waals surface area (Å²) >= 11 is 0. The SMILES string of the molecule is COC(=O)CCC(c1ccc(OC)cc1)[NH+]([O-])O. The van der Waals surface area contributed by atoms with Gasteiger partial charge in [0.15, 0.2) is 0 Å². The number of carbonyl (C=O) groups is 1. The van der Waals surface area contributed by atoms with E-state index in [1.807, 2.05) is 0 Å². The number of esters is 1. The molecule has 100 valence electrons. The number of hydrogen-bond donors (Lipinski definition) is 2. The number of quaternary nitrogens is 1. The minimum Gasteiger partial charge on any atom is -0.600 e. The van der Waals surface area contributed by atoms with Gasteiger partial charge in [-0.15, -0.1) is 0 Å². The van der Waals surface area contributed by atoms with Gasteiger partial charge in [0.25, 0.3) is 0 Å². The first kappa shape index (κ1) is 14.4. The Morgan fingerprint density at radius 3 is 2.44 bits per heavy atom. The minimum absolute atomic E-state index is 0.0828. The molecule has 2 unspecified atom stereocenters. The lowest BCUT2D eigenvalue weighted by molar-refractivity contribution is -1.07. The van der Waals surface area contributed by atoms with E-state index in [1.54, 1.807) is 31.4 Å². The van der Waals surface area contributed by atoms with Gasteiger partial charge < -0.3 is 14.7 Å². The largest absolute Gasteiger partial charge is 0.600 e. The summed E-state index contributed by atoms with van der Waals surface area (Å²) in [4.78, 5) is 11.0. The highest BCUT2D eigenvalue weighted by atomic mass is 16.8. The Bertz CT molecular complexity index is 377. The van der Waals surface area contributed by atoms with Crippen molar-refractivity contribution < 1.29 is 24.7 Å². The molecule has 0 fully saturated rings. The Labute approximate surface area is 105 Å². The molecule has 1 aromatic carbocycles. The third-order valence-electron chi connectivity index (χ3n) is 2.68. The van der Waals surface area contributed by atoms with E-state index in [0.717, 1.165) is 0 Å². The first-order chi connectivity index (χ1) is 8.58. The van der Waals surface area contributed by atoms with E-state index in [2.05, 4.69) is 4.74 Å². The molecule has 0 saturated carbocycles. The summed E-state index contributed by atoms with van der Waals surface area (Å²) in [6.07, 6.45) is 0.299. The number of nitrogens with one attached hydrogen (secondary N) is 1. The van der Waals surface area contributed by atoms with Gasteiger partial charge in [0.1, 0.15) is 11.8 Å². The lowest BCUT2D eigenvalue weighted by Gasteiger charge is -2.24. The molecule has 0 aliphatic heterocycles. The molecule has 1 rings (SSSR count). The van der Waals surface area contributed by atoms with Crippen molar-refractivity contribution in [1.29, 1.82) is 0 Å². The first-order valence-corrected chi connectivity index (χ1v) is 5.52. The van der Waals surface area contributed by atoms with Gasteiger partial charge >= 0.3 is 5.97 Å². The zero-order chi connectivity index (χ0) is 13.5. The molecule has 2 atom stereocenters. The van der Waals surface area contributed by atoms with Crippen LogP contribution in [0.5, 0.6) is 5.75 Å². The van der Waals surface area contributed by atoms with Crippen molar-refractivity contribution in [3.05, 3.63) is 35.0 Å². The van der Waals surface area contributed by atoms with Gasteiger partial charge in [-0.2, -0.15) is 0 Å². The maximum absolute atomic E-state index is 11.2. The van der Waals surface area contributed by atoms with Crippen LogP contribution < -0.4 is 9.96 Å². The maximum Gasteiger partial charge on any atom is 0.305 e. The standard InChI is InChI=1S/C12H17NO5/c1-17-10-5-3-9(4-6-10)11(13(15)16)7-8-12(14)18-2/h3-6,11,13,15H,7-8H2,1-2H3. The monoisotopic (exact) mass is 255 g/mol. The van der Waals surface area contributed by atoms with Gasteiger partial charge in [0.2, 0.25) is 0 Å². The number of hydroxylamine groups is 2. The third kappa shape index (κ3) is 3.99. The van der Waals surface area contributed by atoms with Crippen molar-refractivity contribution in [2.45, 2.75) is 18.9 Å². The molecule has 18 heavy (non-hydrogen) atoms. The summed E-state index contributed by atoms with van der Waals surface area (Å²) in [6.45, 7) is 0. The molecule has 0 aliphatic carbocycles. The molecule has 0 spiro atoms. The number of carbonyl (C=O) groups excluding carboxylic acids is 1. The van der Waals surface area contributed by atoms with Gasteiger partial charge in [-0.05, 0) is 24.3 Å². The van der Waals surface area contributed by atoms with Gasteiger partial charge in [-0.3, -0.25) is 4.79 Å². The topological polar surface area (TPSA) is 83.3 Å². The summed E-state index contributed by atoms with van der Waals surface area (Å²) in [5.41, 5.74) is 0.646. The molecule has 0 heterocycles. The molecule has 0 radical (unpaired) electrons. The van der Waals surface area contributed by atoms with Crippen molar-refractivity contribution >= 4 is 5.97 Å². The van der Waals surface area contributed by atoms with Crippen LogP contribution >= 0.6 is 0 Å². The third-order valence-corrected chi connectivity index (χ3v) is 2.68. The fraction of sp³-hybridized carbons (Fsp3) is 0.417. The van der Waals surface area contributed by atoms with E-state index in [0.29, 0.717) is 11.3 Å². The maximum atomic E-state index is 11.2. The molecule has 0 aromatic heterocycles. The van der Waals surface area contributed by atoms with Crippen LogP contribution in [0.2, 0.25) is 0 Å². The van der Waals surface area contributed by atoms with Crippen molar-refractivity contribution in [3.63, 3.8) is 0 Å². The summed E-state index contributed by atoms with van der Waals surface area (Å²) in [6, 6.07) is 6.06.